The van der Waals surface area contributed by atoms with Crippen LogP contribution < -0.4 is 10.1 Å². The quantitative estimate of drug-likeness (QED) is 0.481. The number of hydrogen-bond acceptors (Lipinski definition) is 2. The fraction of sp³-hybridized carbons (Fsp3) is 0.182. The molecule has 0 aliphatic carbocycles. The van der Waals surface area contributed by atoms with Crippen molar-refractivity contribution in [3.05, 3.63) is 92.7 Å². The monoisotopic (exact) mass is 403 g/mol. The summed E-state index contributed by atoms with van der Waals surface area (Å²) in [6.45, 7) is 4.73. The van der Waals surface area contributed by atoms with Crippen LogP contribution in [0.15, 0.2) is 54.6 Å². The van der Waals surface area contributed by atoms with Gasteiger partial charge < -0.3 is 10.1 Å². The zero-order chi connectivity index (χ0) is 19.4. The second kappa shape index (κ2) is 8.64. The van der Waals surface area contributed by atoms with Crippen molar-refractivity contribution in [3.63, 3.8) is 0 Å². The highest BCUT2D eigenvalue weighted by Gasteiger charge is 2.10. The minimum Gasteiger partial charge on any atom is -0.488 e. The minimum atomic E-state index is -0.383. The molecule has 0 aromatic heterocycles. The summed E-state index contributed by atoms with van der Waals surface area (Å²) in [6, 6.07) is 16.2. The molecule has 0 amide bonds. The van der Waals surface area contributed by atoms with Crippen LogP contribution >= 0.6 is 23.2 Å². The SMILES string of the molecule is Cc1ccc(NCc2cc(Cl)ccc2OCc2c(F)cccc2Cl)cc1C. The van der Waals surface area contributed by atoms with E-state index in [1.807, 2.05) is 12.1 Å². The summed E-state index contributed by atoms with van der Waals surface area (Å²) < 4.78 is 19.8. The maximum absolute atomic E-state index is 14.0. The average Bonchev–Trinajstić information content (AvgIpc) is 2.63. The lowest BCUT2D eigenvalue weighted by molar-refractivity contribution is 0.297. The summed E-state index contributed by atoms with van der Waals surface area (Å²) in [4.78, 5) is 0. The molecule has 3 aromatic carbocycles. The van der Waals surface area contributed by atoms with Crippen molar-refractivity contribution in [3.8, 4) is 5.75 Å². The molecule has 3 rings (SSSR count). The average molecular weight is 404 g/mol. The number of anilines is 1. The number of halogens is 3. The molecule has 27 heavy (non-hydrogen) atoms. The smallest absolute Gasteiger partial charge is 0.131 e. The largest absolute Gasteiger partial charge is 0.488 e. The molecule has 0 aliphatic heterocycles. The number of aryl methyl sites for hydroxylation is 2. The lowest BCUT2D eigenvalue weighted by Crippen LogP contribution is -2.05. The van der Waals surface area contributed by atoms with E-state index in [1.54, 1.807) is 24.3 Å². The van der Waals surface area contributed by atoms with E-state index in [0.29, 0.717) is 27.9 Å². The molecule has 0 saturated carbocycles. The van der Waals surface area contributed by atoms with Crippen molar-refractivity contribution >= 4 is 28.9 Å². The molecule has 0 saturated heterocycles. The molecule has 0 radical (unpaired) electrons. The fourth-order valence-electron chi connectivity index (χ4n) is 2.70. The number of rotatable bonds is 6. The number of benzene rings is 3. The number of ether oxygens (including phenoxy) is 1. The van der Waals surface area contributed by atoms with Crippen LogP contribution in [0.1, 0.15) is 22.3 Å². The van der Waals surface area contributed by atoms with Gasteiger partial charge in [0.1, 0.15) is 18.2 Å². The normalized spacial score (nSPS) is 10.7. The van der Waals surface area contributed by atoms with Crippen LogP contribution in [0.4, 0.5) is 10.1 Å². The van der Waals surface area contributed by atoms with E-state index in [1.165, 1.54) is 17.2 Å². The van der Waals surface area contributed by atoms with Gasteiger partial charge in [0.2, 0.25) is 0 Å². The van der Waals surface area contributed by atoms with E-state index in [4.69, 9.17) is 27.9 Å². The Hall–Kier alpha value is -2.23. The Bertz CT molecular complexity index is 939. The zero-order valence-corrected chi connectivity index (χ0v) is 16.7. The van der Waals surface area contributed by atoms with Gasteiger partial charge >= 0.3 is 0 Å². The van der Waals surface area contributed by atoms with Gasteiger partial charge in [0.15, 0.2) is 0 Å². The lowest BCUT2D eigenvalue weighted by Gasteiger charge is -2.15. The fourth-order valence-corrected chi connectivity index (χ4v) is 3.11. The van der Waals surface area contributed by atoms with Crippen molar-refractivity contribution in [2.75, 3.05) is 5.32 Å². The third kappa shape index (κ3) is 4.94. The maximum atomic E-state index is 14.0. The first-order chi connectivity index (χ1) is 12.9. The highest BCUT2D eigenvalue weighted by Crippen LogP contribution is 2.27. The van der Waals surface area contributed by atoms with Crippen LogP contribution in [0.2, 0.25) is 10.0 Å². The molecule has 1 N–H and O–H groups in total. The van der Waals surface area contributed by atoms with Crippen molar-refractivity contribution in [1.82, 2.24) is 0 Å². The molecular weight excluding hydrogens is 384 g/mol. The number of hydrogen-bond donors (Lipinski definition) is 1. The molecule has 0 unspecified atom stereocenters. The van der Waals surface area contributed by atoms with Crippen LogP contribution in [-0.2, 0) is 13.2 Å². The molecule has 0 atom stereocenters. The molecule has 3 aromatic rings. The third-order valence-corrected chi connectivity index (χ3v) is 5.04. The Labute approximate surface area is 168 Å². The second-order valence-corrected chi connectivity index (χ2v) is 7.24. The van der Waals surface area contributed by atoms with Gasteiger partial charge in [0.05, 0.1) is 5.02 Å². The van der Waals surface area contributed by atoms with E-state index < -0.39 is 0 Å². The van der Waals surface area contributed by atoms with Gasteiger partial charge in [-0.3, -0.25) is 0 Å². The third-order valence-electron chi connectivity index (χ3n) is 4.45. The number of nitrogens with one attached hydrogen (secondary N) is 1. The van der Waals surface area contributed by atoms with Gasteiger partial charge in [-0.1, -0.05) is 35.3 Å². The van der Waals surface area contributed by atoms with Gasteiger partial charge in [-0.2, -0.15) is 0 Å². The lowest BCUT2D eigenvalue weighted by atomic mass is 10.1. The van der Waals surface area contributed by atoms with E-state index in [9.17, 15) is 4.39 Å². The molecule has 0 heterocycles. The van der Waals surface area contributed by atoms with Crippen molar-refractivity contribution in [2.45, 2.75) is 27.0 Å². The summed E-state index contributed by atoms with van der Waals surface area (Å²) in [5.41, 5.74) is 4.70. The van der Waals surface area contributed by atoms with Gasteiger partial charge in [-0.25, -0.2) is 4.39 Å². The molecule has 0 bridgehead atoms. The highest BCUT2D eigenvalue weighted by molar-refractivity contribution is 6.31. The van der Waals surface area contributed by atoms with Crippen LogP contribution in [0.5, 0.6) is 5.75 Å². The summed E-state index contributed by atoms with van der Waals surface area (Å²) in [5.74, 6) is 0.251. The van der Waals surface area contributed by atoms with E-state index >= 15 is 0 Å². The molecule has 5 heteroatoms. The first kappa shape index (κ1) is 19.5. The molecule has 0 aliphatic rings. The molecule has 140 valence electrons. The summed E-state index contributed by atoms with van der Waals surface area (Å²) >= 11 is 12.2. The molecule has 0 spiro atoms. The predicted molar refractivity (Wildman–Crippen MR) is 110 cm³/mol. The predicted octanol–water partition coefficient (Wildman–Crippen LogP) is 6.94. The zero-order valence-electron chi connectivity index (χ0n) is 15.2. The minimum absolute atomic E-state index is 0.0454. The molecule has 0 fully saturated rings. The van der Waals surface area contributed by atoms with E-state index in [-0.39, 0.29) is 12.4 Å². The standard InChI is InChI=1S/C22H20Cl2FNO/c1-14-6-8-18(10-15(14)2)26-12-16-11-17(23)7-9-22(16)27-13-19-20(24)4-3-5-21(19)25/h3-11,26H,12-13H2,1-2H3. The summed E-state index contributed by atoms with van der Waals surface area (Å²) in [6.07, 6.45) is 0. The first-order valence-corrected chi connectivity index (χ1v) is 9.35. The summed E-state index contributed by atoms with van der Waals surface area (Å²) in [7, 11) is 0. The van der Waals surface area contributed by atoms with Crippen LogP contribution in [0.25, 0.3) is 0 Å². The highest BCUT2D eigenvalue weighted by atomic mass is 35.5. The van der Waals surface area contributed by atoms with Crippen LogP contribution in [-0.4, -0.2) is 0 Å². The molecule has 2 nitrogen and oxygen atoms in total. The van der Waals surface area contributed by atoms with Gasteiger partial charge in [-0.15, -0.1) is 0 Å². The Balaban J connectivity index is 1.75. The van der Waals surface area contributed by atoms with E-state index in [2.05, 4.69) is 31.3 Å². The Morgan fingerprint density at radius 1 is 0.963 bits per heavy atom. The Morgan fingerprint density at radius 3 is 2.52 bits per heavy atom. The topological polar surface area (TPSA) is 21.3 Å². The van der Waals surface area contributed by atoms with Crippen LogP contribution in [0, 0.1) is 19.7 Å². The Morgan fingerprint density at radius 2 is 1.78 bits per heavy atom. The van der Waals surface area contributed by atoms with Crippen molar-refractivity contribution in [1.29, 1.82) is 0 Å². The van der Waals surface area contributed by atoms with Gasteiger partial charge in [0.25, 0.3) is 0 Å². The van der Waals surface area contributed by atoms with Gasteiger partial charge in [-0.05, 0) is 67.4 Å². The van der Waals surface area contributed by atoms with Gasteiger partial charge in [0, 0.05) is 28.4 Å². The summed E-state index contributed by atoms with van der Waals surface area (Å²) in [5, 5.41) is 4.34. The van der Waals surface area contributed by atoms with Crippen molar-refractivity contribution < 1.29 is 9.13 Å². The van der Waals surface area contributed by atoms with E-state index in [0.717, 1.165) is 11.3 Å². The maximum Gasteiger partial charge on any atom is 0.131 e. The first-order valence-electron chi connectivity index (χ1n) is 8.59. The van der Waals surface area contributed by atoms with Crippen molar-refractivity contribution in [2.24, 2.45) is 0 Å². The Kier molecular flexibility index (Phi) is 6.25. The molecular formula is C22H20Cl2FNO. The second-order valence-electron chi connectivity index (χ2n) is 6.39. The van der Waals surface area contributed by atoms with Crippen LogP contribution in [0.3, 0.4) is 0 Å².